The summed E-state index contributed by atoms with van der Waals surface area (Å²) >= 11 is 0.406. The second kappa shape index (κ2) is 7.58. The Morgan fingerprint density at radius 1 is 1.28 bits per heavy atom. The van der Waals surface area contributed by atoms with Crippen molar-refractivity contribution in [3.63, 3.8) is 0 Å². The Kier molecular flexibility index (Phi) is 5.73. The maximum absolute atomic E-state index is 5.21. The van der Waals surface area contributed by atoms with E-state index in [4.69, 9.17) is 4.74 Å². The van der Waals surface area contributed by atoms with Crippen LogP contribution in [-0.2, 0) is 4.74 Å². The Morgan fingerprint density at radius 3 is 2.78 bits per heavy atom. The third kappa shape index (κ3) is 4.13. The average molecular weight is 307 g/mol. The SMILES string of the molecule is COC/C=C(\[Se]c1ccccc1)C1=CCCCC1. The van der Waals surface area contributed by atoms with E-state index in [0.717, 1.165) is 6.61 Å². The van der Waals surface area contributed by atoms with E-state index in [1.54, 1.807) is 12.7 Å². The monoisotopic (exact) mass is 308 g/mol. The molecule has 0 bridgehead atoms. The van der Waals surface area contributed by atoms with Crippen LogP contribution in [0.4, 0.5) is 0 Å². The topological polar surface area (TPSA) is 9.23 Å². The first-order valence-electron chi connectivity index (χ1n) is 6.51. The molecule has 1 aromatic carbocycles. The quantitative estimate of drug-likeness (QED) is 0.760. The van der Waals surface area contributed by atoms with Crippen LogP contribution in [0, 0.1) is 0 Å². The van der Waals surface area contributed by atoms with Crippen LogP contribution in [0.5, 0.6) is 0 Å². The summed E-state index contributed by atoms with van der Waals surface area (Å²) in [7, 11) is 1.76. The van der Waals surface area contributed by atoms with Gasteiger partial charge in [0.2, 0.25) is 0 Å². The summed E-state index contributed by atoms with van der Waals surface area (Å²) in [6, 6.07) is 10.8. The summed E-state index contributed by atoms with van der Waals surface area (Å²) in [6.07, 6.45) is 9.86. The molecule has 0 aliphatic heterocycles. The minimum atomic E-state index is 0.406. The van der Waals surface area contributed by atoms with Gasteiger partial charge in [-0.15, -0.1) is 0 Å². The van der Waals surface area contributed by atoms with Crippen LogP contribution in [0.3, 0.4) is 0 Å². The minimum absolute atomic E-state index is 0.406. The van der Waals surface area contributed by atoms with Crippen molar-refractivity contribution >= 4 is 19.4 Å². The number of hydrogen-bond acceptors (Lipinski definition) is 1. The van der Waals surface area contributed by atoms with Gasteiger partial charge in [0.25, 0.3) is 0 Å². The van der Waals surface area contributed by atoms with E-state index in [0.29, 0.717) is 15.0 Å². The van der Waals surface area contributed by atoms with Gasteiger partial charge in [-0.2, -0.15) is 0 Å². The number of hydrogen-bond donors (Lipinski definition) is 0. The van der Waals surface area contributed by atoms with Crippen molar-refractivity contribution in [1.82, 2.24) is 0 Å². The van der Waals surface area contributed by atoms with Crippen LogP contribution < -0.4 is 4.46 Å². The van der Waals surface area contributed by atoms with Gasteiger partial charge in [0.15, 0.2) is 0 Å². The molecule has 0 radical (unpaired) electrons. The Bertz CT molecular complexity index is 420. The van der Waals surface area contributed by atoms with E-state index in [9.17, 15) is 0 Å². The fourth-order valence-corrected chi connectivity index (χ4v) is 4.20. The molecule has 0 saturated heterocycles. The van der Waals surface area contributed by atoms with E-state index in [1.807, 2.05) is 0 Å². The van der Waals surface area contributed by atoms with Gasteiger partial charge >= 0.3 is 116 Å². The molecule has 0 amide bonds. The van der Waals surface area contributed by atoms with Crippen molar-refractivity contribution in [2.45, 2.75) is 25.7 Å². The van der Waals surface area contributed by atoms with E-state index in [-0.39, 0.29) is 0 Å². The van der Waals surface area contributed by atoms with Gasteiger partial charge in [-0.05, 0) is 0 Å². The zero-order chi connectivity index (χ0) is 12.6. The molecule has 0 N–H and O–H groups in total. The summed E-state index contributed by atoms with van der Waals surface area (Å²) in [6.45, 7) is 0.723. The third-order valence-corrected chi connectivity index (χ3v) is 5.44. The number of rotatable bonds is 5. The Morgan fingerprint density at radius 2 is 2.11 bits per heavy atom. The van der Waals surface area contributed by atoms with Crippen molar-refractivity contribution in [2.24, 2.45) is 0 Å². The molecule has 2 rings (SSSR count). The summed E-state index contributed by atoms with van der Waals surface area (Å²) in [5, 5.41) is 0. The Hall–Kier alpha value is -0.821. The molecule has 0 aromatic heterocycles. The molecular weight excluding hydrogens is 287 g/mol. The van der Waals surface area contributed by atoms with E-state index >= 15 is 0 Å². The second-order valence-electron chi connectivity index (χ2n) is 4.41. The van der Waals surface area contributed by atoms with Gasteiger partial charge in [-0.3, -0.25) is 0 Å². The number of ether oxygens (including phenoxy) is 1. The zero-order valence-corrected chi connectivity index (χ0v) is 12.6. The van der Waals surface area contributed by atoms with Crippen LogP contribution in [0.25, 0.3) is 0 Å². The molecular formula is C16H20OSe. The van der Waals surface area contributed by atoms with Gasteiger partial charge in [-0.1, -0.05) is 0 Å². The molecule has 0 spiro atoms. The molecule has 18 heavy (non-hydrogen) atoms. The van der Waals surface area contributed by atoms with Gasteiger partial charge in [0.1, 0.15) is 0 Å². The molecule has 0 saturated carbocycles. The predicted octanol–water partition coefficient (Wildman–Crippen LogP) is 3.05. The molecule has 1 aromatic rings. The number of allylic oxidation sites excluding steroid dienone is 3. The predicted molar refractivity (Wildman–Crippen MR) is 78.3 cm³/mol. The molecule has 96 valence electrons. The molecule has 0 heterocycles. The summed E-state index contributed by atoms with van der Waals surface area (Å²) in [5.41, 5.74) is 1.56. The Balaban J connectivity index is 2.12. The molecule has 2 heteroatoms. The first kappa shape index (κ1) is 13.6. The van der Waals surface area contributed by atoms with Gasteiger partial charge in [-0.25, -0.2) is 0 Å². The fraction of sp³-hybridized carbons (Fsp3) is 0.375. The normalized spacial score (nSPS) is 16.5. The Labute approximate surface area is 116 Å². The average Bonchev–Trinajstić information content (AvgIpc) is 2.45. The van der Waals surface area contributed by atoms with Crippen LogP contribution in [0.1, 0.15) is 25.7 Å². The number of methoxy groups -OCH3 is 1. The van der Waals surface area contributed by atoms with Crippen molar-refractivity contribution in [1.29, 1.82) is 0 Å². The van der Waals surface area contributed by atoms with E-state index < -0.39 is 0 Å². The summed E-state index contributed by atoms with van der Waals surface area (Å²) in [5.74, 6) is 0. The van der Waals surface area contributed by atoms with Crippen molar-refractivity contribution in [2.75, 3.05) is 13.7 Å². The first-order chi connectivity index (χ1) is 8.90. The van der Waals surface area contributed by atoms with Gasteiger partial charge in [0, 0.05) is 0 Å². The first-order valence-corrected chi connectivity index (χ1v) is 8.23. The van der Waals surface area contributed by atoms with E-state index in [1.165, 1.54) is 34.6 Å². The van der Waals surface area contributed by atoms with Crippen molar-refractivity contribution in [3.05, 3.63) is 52.5 Å². The van der Waals surface area contributed by atoms with Crippen LogP contribution in [0.2, 0.25) is 0 Å². The van der Waals surface area contributed by atoms with Crippen LogP contribution in [-0.4, -0.2) is 28.7 Å². The molecule has 0 atom stereocenters. The standard InChI is InChI=1S/C16H20OSe/c1-17-13-12-16(14-8-4-2-5-9-14)18-15-10-6-3-7-11-15/h3,6-8,10-12H,2,4-5,9,13H2,1H3/b16-12-. The second-order valence-corrected chi connectivity index (χ2v) is 6.75. The van der Waals surface area contributed by atoms with Gasteiger partial charge in [0.05, 0.1) is 0 Å². The molecule has 1 aliphatic carbocycles. The molecule has 0 unspecified atom stereocenters. The third-order valence-electron chi connectivity index (χ3n) is 3.01. The van der Waals surface area contributed by atoms with Crippen molar-refractivity contribution in [3.8, 4) is 0 Å². The molecule has 1 nitrogen and oxygen atoms in total. The van der Waals surface area contributed by atoms with Crippen molar-refractivity contribution < 1.29 is 4.74 Å². The number of benzene rings is 1. The molecule has 0 fully saturated rings. The maximum atomic E-state index is 5.21. The zero-order valence-electron chi connectivity index (χ0n) is 10.9. The summed E-state index contributed by atoms with van der Waals surface area (Å²) in [4.78, 5) is 0. The van der Waals surface area contributed by atoms with E-state index in [2.05, 4.69) is 42.5 Å². The van der Waals surface area contributed by atoms with Gasteiger partial charge < -0.3 is 0 Å². The fourth-order valence-electron chi connectivity index (χ4n) is 2.07. The summed E-state index contributed by atoms with van der Waals surface area (Å²) < 4.78 is 8.16. The van der Waals surface area contributed by atoms with Crippen LogP contribution >= 0.6 is 0 Å². The molecule has 1 aliphatic rings. The van der Waals surface area contributed by atoms with Crippen LogP contribution in [0.15, 0.2) is 52.5 Å².